The molecule has 0 saturated heterocycles. The zero-order valence-electron chi connectivity index (χ0n) is 12.9. The summed E-state index contributed by atoms with van der Waals surface area (Å²) in [6.45, 7) is 7.60. The summed E-state index contributed by atoms with van der Waals surface area (Å²) in [5.41, 5.74) is 1.11. The number of carbonyl (C=O) groups is 2. The van der Waals surface area contributed by atoms with E-state index in [9.17, 15) is 9.59 Å². The topological polar surface area (TPSA) is 68.3 Å². The first-order valence-corrected chi connectivity index (χ1v) is 7.20. The Labute approximate surface area is 130 Å². The van der Waals surface area contributed by atoms with Crippen molar-refractivity contribution >= 4 is 23.5 Å². The molecule has 6 heteroatoms. The van der Waals surface area contributed by atoms with Crippen LogP contribution in [0.15, 0.2) is 12.1 Å². The maximum Gasteiger partial charge on any atom is 0.328 e. The molecule has 0 aliphatic rings. The lowest BCUT2D eigenvalue weighted by atomic mass is 10.0. The monoisotopic (exact) mass is 312 g/mol. The Morgan fingerprint density at radius 3 is 2.33 bits per heavy atom. The van der Waals surface area contributed by atoms with Crippen LogP contribution in [0.25, 0.3) is 0 Å². The maximum atomic E-state index is 12.3. The highest BCUT2D eigenvalue weighted by molar-refractivity contribution is 6.29. The van der Waals surface area contributed by atoms with Crippen molar-refractivity contribution in [1.82, 2.24) is 10.3 Å². The molecule has 21 heavy (non-hydrogen) atoms. The van der Waals surface area contributed by atoms with Crippen LogP contribution in [0.3, 0.4) is 0 Å². The summed E-state index contributed by atoms with van der Waals surface area (Å²) in [5, 5.41) is 2.93. The molecule has 1 atom stereocenters. The molecule has 0 bridgehead atoms. The molecule has 0 aliphatic heterocycles. The fourth-order valence-electron chi connectivity index (χ4n) is 1.79. The average Bonchev–Trinajstić information content (AvgIpc) is 2.42. The third-order valence-corrected chi connectivity index (χ3v) is 3.27. The molecule has 0 radical (unpaired) electrons. The average molecular weight is 313 g/mol. The molecule has 0 spiro atoms. The normalized spacial score (nSPS) is 12.4. The number of rotatable bonds is 5. The van der Waals surface area contributed by atoms with Gasteiger partial charge in [-0.05, 0) is 24.0 Å². The van der Waals surface area contributed by atoms with Crippen molar-refractivity contribution < 1.29 is 14.3 Å². The molecule has 0 fully saturated rings. The minimum atomic E-state index is -0.697. The fraction of sp³-hybridized carbons (Fsp3) is 0.533. The lowest BCUT2D eigenvalue weighted by Crippen LogP contribution is -2.45. The van der Waals surface area contributed by atoms with Gasteiger partial charge < -0.3 is 10.1 Å². The molecule has 1 amide bonds. The largest absolute Gasteiger partial charge is 0.467 e. The van der Waals surface area contributed by atoms with Crippen LogP contribution in [-0.4, -0.2) is 30.0 Å². The molecular weight excluding hydrogens is 292 g/mol. The highest BCUT2D eigenvalue weighted by atomic mass is 35.5. The summed E-state index contributed by atoms with van der Waals surface area (Å²) in [4.78, 5) is 28.2. The van der Waals surface area contributed by atoms with E-state index in [1.165, 1.54) is 13.2 Å². The van der Waals surface area contributed by atoms with Crippen LogP contribution in [0, 0.1) is 5.92 Å². The molecule has 1 unspecified atom stereocenters. The van der Waals surface area contributed by atoms with Crippen LogP contribution < -0.4 is 5.32 Å². The van der Waals surface area contributed by atoms with Gasteiger partial charge in [0.05, 0.1) is 7.11 Å². The van der Waals surface area contributed by atoms with E-state index >= 15 is 0 Å². The van der Waals surface area contributed by atoms with Gasteiger partial charge in [0.1, 0.15) is 11.2 Å². The Hall–Kier alpha value is -1.62. The Balaban J connectivity index is 3.00. The van der Waals surface area contributed by atoms with Crippen LogP contribution in [0.1, 0.15) is 49.7 Å². The number of nitrogens with zero attached hydrogens (tertiary/aromatic N) is 1. The van der Waals surface area contributed by atoms with Crippen LogP contribution in [0.2, 0.25) is 5.15 Å². The van der Waals surface area contributed by atoms with Crippen LogP contribution in [-0.2, 0) is 9.53 Å². The van der Waals surface area contributed by atoms with Gasteiger partial charge in [-0.3, -0.25) is 4.79 Å². The van der Waals surface area contributed by atoms with Crippen molar-refractivity contribution in [3.8, 4) is 0 Å². The van der Waals surface area contributed by atoms with Crippen LogP contribution in [0.4, 0.5) is 0 Å². The van der Waals surface area contributed by atoms with E-state index in [-0.39, 0.29) is 22.9 Å². The summed E-state index contributed by atoms with van der Waals surface area (Å²) >= 11 is 5.94. The van der Waals surface area contributed by atoms with E-state index in [1.54, 1.807) is 6.07 Å². The van der Waals surface area contributed by atoms with Crippen molar-refractivity contribution in [2.45, 2.75) is 39.7 Å². The standard InChI is InChI=1S/C15H21ClN2O3/c1-8(2)11-6-10(7-12(16)17-11)14(19)18-13(9(3)4)15(20)21-5/h6-9,13H,1-5H3,(H,18,19). The number of nitrogens with one attached hydrogen (secondary N) is 1. The maximum absolute atomic E-state index is 12.3. The van der Waals surface area contributed by atoms with E-state index in [1.807, 2.05) is 27.7 Å². The first-order valence-electron chi connectivity index (χ1n) is 6.82. The second-order valence-corrected chi connectivity index (χ2v) is 5.86. The Kier molecular flexibility index (Phi) is 6.15. The number of pyridine rings is 1. The van der Waals surface area contributed by atoms with Gasteiger partial charge in [0.25, 0.3) is 5.91 Å². The zero-order valence-corrected chi connectivity index (χ0v) is 13.7. The number of ether oxygens (including phenoxy) is 1. The fourth-order valence-corrected chi connectivity index (χ4v) is 2.01. The lowest BCUT2D eigenvalue weighted by Gasteiger charge is -2.20. The predicted molar refractivity (Wildman–Crippen MR) is 81.4 cm³/mol. The minimum Gasteiger partial charge on any atom is -0.467 e. The summed E-state index contributed by atoms with van der Waals surface area (Å²) in [6.07, 6.45) is 0. The van der Waals surface area contributed by atoms with E-state index in [4.69, 9.17) is 16.3 Å². The summed E-state index contributed by atoms with van der Waals surface area (Å²) in [7, 11) is 1.30. The first kappa shape index (κ1) is 17.4. The van der Waals surface area contributed by atoms with Crippen molar-refractivity contribution in [3.63, 3.8) is 0 Å². The molecule has 5 nitrogen and oxygen atoms in total. The number of methoxy groups -OCH3 is 1. The molecular formula is C15H21ClN2O3. The van der Waals surface area contributed by atoms with E-state index in [0.717, 1.165) is 5.69 Å². The third-order valence-electron chi connectivity index (χ3n) is 3.08. The highest BCUT2D eigenvalue weighted by Crippen LogP contribution is 2.18. The van der Waals surface area contributed by atoms with Crippen LogP contribution in [0.5, 0.6) is 0 Å². The minimum absolute atomic E-state index is 0.0803. The number of hydrogen-bond donors (Lipinski definition) is 1. The summed E-state index contributed by atoms with van der Waals surface area (Å²) < 4.78 is 4.70. The molecule has 0 aliphatic carbocycles. The molecule has 0 saturated carbocycles. The zero-order chi connectivity index (χ0) is 16.2. The number of hydrogen-bond acceptors (Lipinski definition) is 4. The van der Waals surface area contributed by atoms with Gasteiger partial charge in [0.15, 0.2) is 0 Å². The van der Waals surface area contributed by atoms with E-state index in [0.29, 0.717) is 5.56 Å². The number of carbonyl (C=O) groups excluding carboxylic acids is 2. The number of amides is 1. The van der Waals surface area contributed by atoms with Gasteiger partial charge in [-0.2, -0.15) is 0 Å². The lowest BCUT2D eigenvalue weighted by molar-refractivity contribution is -0.144. The third kappa shape index (κ3) is 4.70. The number of halogens is 1. The van der Waals surface area contributed by atoms with Crippen molar-refractivity contribution in [3.05, 3.63) is 28.5 Å². The van der Waals surface area contributed by atoms with Crippen molar-refractivity contribution in [1.29, 1.82) is 0 Å². The van der Waals surface area contributed by atoms with Gasteiger partial charge >= 0.3 is 5.97 Å². The molecule has 1 heterocycles. The van der Waals surface area contributed by atoms with Crippen molar-refractivity contribution in [2.24, 2.45) is 5.92 Å². The Bertz CT molecular complexity index is 530. The van der Waals surface area contributed by atoms with Gasteiger partial charge in [-0.25, -0.2) is 9.78 Å². The van der Waals surface area contributed by atoms with Gasteiger partial charge in [-0.1, -0.05) is 39.3 Å². The van der Waals surface area contributed by atoms with Gasteiger partial charge in [0.2, 0.25) is 0 Å². The molecule has 1 aromatic heterocycles. The summed E-state index contributed by atoms with van der Waals surface area (Å²) in [5.74, 6) is -0.770. The quantitative estimate of drug-likeness (QED) is 0.670. The molecule has 1 rings (SSSR count). The highest BCUT2D eigenvalue weighted by Gasteiger charge is 2.25. The van der Waals surface area contributed by atoms with Crippen LogP contribution >= 0.6 is 11.6 Å². The Morgan fingerprint density at radius 1 is 1.24 bits per heavy atom. The molecule has 116 valence electrons. The molecule has 0 aromatic carbocycles. The Morgan fingerprint density at radius 2 is 1.86 bits per heavy atom. The SMILES string of the molecule is COC(=O)C(NC(=O)c1cc(Cl)nc(C(C)C)c1)C(C)C. The first-order chi connectivity index (χ1) is 9.76. The predicted octanol–water partition coefficient (Wildman–Crippen LogP) is 2.79. The van der Waals surface area contributed by atoms with Crippen molar-refractivity contribution in [2.75, 3.05) is 7.11 Å². The molecule has 1 aromatic rings. The van der Waals surface area contributed by atoms with E-state index in [2.05, 4.69) is 10.3 Å². The van der Waals surface area contributed by atoms with Gasteiger partial charge in [-0.15, -0.1) is 0 Å². The smallest absolute Gasteiger partial charge is 0.328 e. The second kappa shape index (κ2) is 7.41. The summed E-state index contributed by atoms with van der Waals surface area (Å²) in [6, 6.07) is 2.47. The number of esters is 1. The molecule has 1 N–H and O–H groups in total. The second-order valence-electron chi connectivity index (χ2n) is 5.48. The number of aromatic nitrogens is 1. The van der Waals surface area contributed by atoms with E-state index < -0.39 is 12.0 Å². The van der Waals surface area contributed by atoms with Gasteiger partial charge in [0, 0.05) is 11.3 Å².